The molecule has 8 aromatic carbocycles. The predicted octanol–water partition coefficient (Wildman–Crippen LogP) is 14.4. The van der Waals surface area contributed by atoms with Crippen LogP contribution in [0, 0.1) is 0 Å². The molecule has 53 heavy (non-hydrogen) atoms. The van der Waals surface area contributed by atoms with Crippen LogP contribution in [0.25, 0.3) is 66.4 Å². The lowest BCUT2D eigenvalue weighted by Gasteiger charge is -2.26. The Morgan fingerprint density at radius 3 is 1.58 bits per heavy atom. The van der Waals surface area contributed by atoms with Crippen molar-refractivity contribution in [1.29, 1.82) is 0 Å². The quantitative estimate of drug-likeness (QED) is 0.174. The van der Waals surface area contributed by atoms with Crippen molar-refractivity contribution in [3.63, 3.8) is 0 Å². The van der Waals surface area contributed by atoms with Gasteiger partial charge in [-0.1, -0.05) is 172 Å². The standard InChI is InChI=1S/C51H37NO/c1-51(2)45-23-10-9-18-44(45)48-40(19-12-24-46(48)51)37-28-32-39(33-29-37)52(38-30-26-35(27-31-38)34-14-5-3-6-15-34)47-25-13-22-43-42-21-11-20-41(49(42)53-50(43)47)36-16-7-4-8-17-36/h3-33H,1-2H3. The fourth-order valence-electron chi connectivity index (χ4n) is 8.47. The van der Waals surface area contributed by atoms with E-state index < -0.39 is 0 Å². The number of hydrogen-bond acceptors (Lipinski definition) is 2. The number of benzene rings is 8. The van der Waals surface area contributed by atoms with E-state index in [9.17, 15) is 0 Å². The van der Waals surface area contributed by atoms with Crippen molar-refractivity contribution < 1.29 is 4.42 Å². The summed E-state index contributed by atoms with van der Waals surface area (Å²) in [6.45, 7) is 4.68. The van der Waals surface area contributed by atoms with E-state index in [0.29, 0.717) is 0 Å². The fourth-order valence-corrected chi connectivity index (χ4v) is 8.47. The van der Waals surface area contributed by atoms with Crippen molar-refractivity contribution in [2.24, 2.45) is 0 Å². The lowest BCUT2D eigenvalue weighted by Crippen LogP contribution is -2.14. The molecule has 0 fully saturated rings. The molecule has 1 aromatic heterocycles. The van der Waals surface area contributed by atoms with Gasteiger partial charge in [0.1, 0.15) is 5.58 Å². The highest BCUT2D eigenvalue weighted by Crippen LogP contribution is 2.52. The summed E-state index contributed by atoms with van der Waals surface area (Å²) in [5, 5.41) is 2.21. The number of anilines is 3. The van der Waals surface area contributed by atoms with Crippen LogP contribution >= 0.6 is 0 Å². The van der Waals surface area contributed by atoms with E-state index in [1.807, 2.05) is 0 Å². The molecule has 0 atom stereocenters. The largest absolute Gasteiger partial charge is 0.453 e. The second-order valence-corrected chi connectivity index (χ2v) is 14.5. The average Bonchev–Trinajstić information content (AvgIpc) is 3.72. The van der Waals surface area contributed by atoms with E-state index >= 15 is 0 Å². The van der Waals surface area contributed by atoms with Gasteiger partial charge in [-0.3, -0.25) is 0 Å². The highest BCUT2D eigenvalue weighted by atomic mass is 16.3. The maximum absolute atomic E-state index is 6.94. The lowest BCUT2D eigenvalue weighted by atomic mass is 9.82. The first-order valence-corrected chi connectivity index (χ1v) is 18.4. The minimum absolute atomic E-state index is 0.0454. The van der Waals surface area contributed by atoms with Gasteiger partial charge in [-0.2, -0.15) is 0 Å². The van der Waals surface area contributed by atoms with Crippen molar-refractivity contribution >= 4 is 39.0 Å². The van der Waals surface area contributed by atoms with Gasteiger partial charge in [-0.05, 0) is 80.4 Å². The summed E-state index contributed by atoms with van der Waals surface area (Å²) < 4.78 is 6.94. The maximum Gasteiger partial charge on any atom is 0.159 e. The molecule has 1 aliphatic carbocycles. The molecule has 9 aromatic rings. The molecule has 1 heterocycles. The molecular formula is C51H37NO. The summed E-state index contributed by atoms with van der Waals surface area (Å²) in [6, 6.07) is 67.6. The van der Waals surface area contributed by atoms with Crippen molar-refractivity contribution in [3.8, 4) is 44.5 Å². The number of hydrogen-bond donors (Lipinski definition) is 0. The SMILES string of the molecule is CC1(C)c2ccccc2-c2c(-c3ccc(N(c4ccc(-c5ccccc5)cc4)c4cccc5c4oc4c(-c6ccccc6)cccc45)cc3)cccc21. The van der Waals surface area contributed by atoms with Gasteiger partial charge in [0.05, 0.1) is 5.69 Å². The number of nitrogens with zero attached hydrogens (tertiary/aromatic N) is 1. The zero-order valence-electron chi connectivity index (χ0n) is 29.8. The summed E-state index contributed by atoms with van der Waals surface area (Å²) in [6.07, 6.45) is 0. The zero-order valence-corrected chi connectivity index (χ0v) is 29.8. The van der Waals surface area contributed by atoms with Crippen molar-refractivity contribution in [2.75, 3.05) is 4.90 Å². The Balaban J connectivity index is 1.14. The first kappa shape index (κ1) is 31.1. The Bertz CT molecular complexity index is 2780. The second-order valence-electron chi connectivity index (χ2n) is 14.5. The normalized spacial score (nSPS) is 12.9. The van der Waals surface area contributed by atoms with E-state index in [1.54, 1.807) is 0 Å². The highest BCUT2D eigenvalue weighted by molar-refractivity contribution is 6.13. The van der Waals surface area contributed by atoms with Crippen LogP contribution in [0.3, 0.4) is 0 Å². The Morgan fingerprint density at radius 2 is 0.868 bits per heavy atom. The summed E-state index contributed by atoms with van der Waals surface area (Å²) in [5.74, 6) is 0. The van der Waals surface area contributed by atoms with Crippen LogP contribution < -0.4 is 4.90 Å². The van der Waals surface area contributed by atoms with Gasteiger partial charge in [-0.15, -0.1) is 0 Å². The van der Waals surface area contributed by atoms with Gasteiger partial charge < -0.3 is 9.32 Å². The van der Waals surface area contributed by atoms with E-state index in [-0.39, 0.29) is 5.41 Å². The molecule has 0 unspecified atom stereocenters. The van der Waals surface area contributed by atoms with E-state index in [0.717, 1.165) is 50.1 Å². The molecule has 0 amide bonds. The third-order valence-electron chi connectivity index (χ3n) is 11.1. The molecular weight excluding hydrogens is 643 g/mol. The summed E-state index contributed by atoms with van der Waals surface area (Å²) in [4.78, 5) is 2.33. The van der Waals surface area contributed by atoms with Crippen molar-refractivity contribution in [1.82, 2.24) is 0 Å². The molecule has 0 bridgehead atoms. The molecule has 252 valence electrons. The third kappa shape index (κ3) is 5.02. The lowest BCUT2D eigenvalue weighted by molar-refractivity contribution is 0.660. The van der Waals surface area contributed by atoms with Gasteiger partial charge in [0.25, 0.3) is 0 Å². The summed E-state index contributed by atoms with van der Waals surface area (Å²) >= 11 is 0. The van der Waals surface area contributed by atoms with E-state index in [1.165, 1.54) is 44.5 Å². The summed E-state index contributed by atoms with van der Waals surface area (Å²) in [5.41, 5.74) is 17.3. The van der Waals surface area contributed by atoms with E-state index in [2.05, 4.69) is 207 Å². The molecule has 0 N–H and O–H groups in total. The average molecular weight is 680 g/mol. The molecule has 0 aliphatic heterocycles. The third-order valence-corrected chi connectivity index (χ3v) is 11.1. The van der Waals surface area contributed by atoms with Gasteiger partial charge >= 0.3 is 0 Å². The van der Waals surface area contributed by atoms with Crippen LogP contribution in [0.15, 0.2) is 192 Å². The molecule has 10 rings (SSSR count). The summed E-state index contributed by atoms with van der Waals surface area (Å²) in [7, 11) is 0. The van der Waals surface area contributed by atoms with Crippen molar-refractivity contribution in [2.45, 2.75) is 19.3 Å². The zero-order chi connectivity index (χ0) is 35.5. The molecule has 1 aliphatic rings. The Labute approximate surface area is 310 Å². The number of furan rings is 1. The van der Waals surface area contributed by atoms with Crippen LogP contribution in [-0.2, 0) is 5.41 Å². The van der Waals surface area contributed by atoms with Gasteiger partial charge in [0.2, 0.25) is 0 Å². The monoisotopic (exact) mass is 679 g/mol. The molecule has 0 saturated heterocycles. The topological polar surface area (TPSA) is 16.4 Å². The molecule has 0 radical (unpaired) electrons. The number of para-hydroxylation sites is 2. The first-order chi connectivity index (χ1) is 26.1. The van der Waals surface area contributed by atoms with Crippen molar-refractivity contribution in [3.05, 3.63) is 199 Å². The highest BCUT2D eigenvalue weighted by Gasteiger charge is 2.36. The first-order valence-electron chi connectivity index (χ1n) is 18.4. The maximum atomic E-state index is 6.94. The minimum atomic E-state index is -0.0454. The Kier molecular flexibility index (Phi) is 7.19. The smallest absolute Gasteiger partial charge is 0.159 e. The van der Waals surface area contributed by atoms with E-state index in [4.69, 9.17) is 4.42 Å². The fraction of sp³-hybridized carbons (Fsp3) is 0.0588. The number of fused-ring (bicyclic) bond motifs is 6. The Hall–Kier alpha value is -6.64. The molecule has 2 nitrogen and oxygen atoms in total. The second kappa shape index (κ2) is 12.3. The molecule has 0 saturated carbocycles. The van der Waals surface area contributed by atoms with Gasteiger partial charge in [-0.25, -0.2) is 0 Å². The molecule has 2 heteroatoms. The van der Waals surface area contributed by atoms with Gasteiger partial charge in [0, 0.05) is 33.1 Å². The van der Waals surface area contributed by atoms with Crippen LogP contribution in [-0.4, -0.2) is 0 Å². The van der Waals surface area contributed by atoms with Crippen LogP contribution in [0.1, 0.15) is 25.0 Å². The van der Waals surface area contributed by atoms with Crippen LogP contribution in [0.5, 0.6) is 0 Å². The predicted molar refractivity (Wildman–Crippen MR) is 222 cm³/mol. The van der Waals surface area contributed by atoms with Gasteiger partial charge in [0.15, 0.2) is 5.58 Å². The van der Waals surface area contributed by atoms with Crippen LogP contribution in [0.2, 0.25) is 0 Å². The molecule has 0 spiro atoms. The minimum Gasteiger partial charge on any atom is -0.453 e. The number of rotatable bonds is 6. The Morgan fingerprint density at radius 1 is 0.377 bits per heavy atom. The van der Waals surface area contributed by atoms with Crippen LogP contribution in [0.4, 0.5) is 17.1 Å².